The third-order valence-electron chi connectivity index (χ3n) is 3.29. The average molecular weight is 285 g/mol. The number of anilines is 1. The Morgan fingerprint density at radius 2 is 1.71 bits per heavy atom. The third kappa shape index (κ3) is 3.16. The van der Waals surface area contributed by atoms with Crippen molar-refractivity contribution in [1.82, 2.24) is 0 Å². The largest absolute Gasteiger partial charge is 0.508 e. The summed E-state index contributed by atoms with van der Waals surface area (Å²) in [5.74, 6) is 0.0000370. The smallest absolute Gasteiger partial charge is 0.221 e. The van der Waals surface area contributed by atoms with Gasteiger partial charge in [0.25, 0.3) is 0 Å². The molecule has 2 rings (SSSR count). The molecule has 21 heavy (non-hydrogen) atoms. The second-order valence-electron chi connectivity index (χ2n) is 5.31. The molecule has 0 unspecified atom stereocenters. The number of hydrogen-bond acceptors (Lipinski definition) is 3. The van der Waals surface area contributed by atoms with Gasteiger partial charge in [-0.15, -0.1) is 0 Å². The quantitative estimate of drug-likeness (QED) is 0.802. The molecule has 0 aromatic heterocycles. The highest BCUT2D eigenvalue weighted by molar-refractivity contribution is 5.95. The summed E-state index contributed by atoms with van der Waals surface area (Å²) >= 11 is 0. The van der Waals surface area contributed by atoms with Crippen molar-refractivity contribution < 1.29 is 15.0 Å². The lowest BCUT2D eigenvalue weighted by molar-refractivity contribution is -0.114. The number of carbonyl (C=O) groups excluding carboxylic acids is 1. The van der Waals surface area contributed by atoms with E-state index in [0.29, 0.717) is 16.8 Å². The highest BCUT2D eigenvalue weighted by Crippen LogP contribution is 2.40. The molecule has 0 radical (unpaired) electrons. The molecule has 0 fully saturated rings. The van der Waals surface area contributed by atoms with Gasteiger partial charge in [-0.25, -0.2) is 0 Å². The van der Waals surface area contributed by atoms with Gasteiger partial charge in [0, 0.05) is 29.8 Å². The third-order valence-corrected chi connectivity index (χ3v) is 3.29. The lowest BCUT2D eigenvalue weighted by Gasteiger charge is -2.15. The van der Waals surface area contributed by atoms with Crippen LogP contribution in [0.3, 0.4) is 0 Å². The van der Waals surface area contributed by atoms with Crippen LogP contribution in [0.5, 0.6) is 11.5 Å². The van der Waals surface area contributed by atoms with Crippen molar-refractivity contribution in [2.24, 2.45) is 0 Å². The molecule has 0 saturated carbocycles. The number of hydrogen-bond donors (Lipinski definition) is 3. The van der Waals surface area contributed by atoms with Gasteiger partial charge in [0.15, 0.2) is 0 Å². The summed E-state index contributed by atoms with van der Waals surface area (Å²) in [6.45, 7) is 5.37. The molecule has 4 nitrogen and oxygen atoms in total. The van der Waals surface area contributed by atoms with E-state index in [-0.39, 0.29) is 23.3 Å². The first-order chi connectivity index (χ1) is 9.90. The van der Waals surface area contributed by atoms with Gasteiger partial charge in [-0.3, -0.25) is 4.79 Å². The lowest BCUT2D eigenvalue weighted by atomic mass is 9.94. The van der Waals surface area contributed by atoms with Crippen molar-refractivity contribution in [1.29, 1.82) is 0 Å². The summed E-state index contributed by atoms with van der Waals surface area (Å²) < 4.78 is 0. The van der Waals surface area contributed by atoms with Crippen molar-refractivity contribution in [2.75, 3.05) is 5.32 Å². The topological polar surface area (TPSA) is 69.6 Å². The van der Waals surface area contributed by atoms with Gasteiger partial charge >= 0.3 is 0 Å². The number of benzene rings is 2. The van der Waals surface area contributed by atoms with Crippen LogP contribution < -0.4 is 5.32 Å². The van der Waals surface area contributed by atoms with Crippen LogP contribution >= 0.6 is 0 Å². The van der Waals surface area contributed by atoms with Crippen LogP contribution in [0, 0.1) is 0 Å². The van der Waals surface area contributed by atoms with Gasteiger partial charge in [-0.2, -0.15) is 0 Å². The van der Waals surface area contributed by atoms with E-state index in [1.165, 1.54) is 13.0 Å². The van der Waals surface area contributed by atoms with E-state index in [9.17, 15) is 15.0 Å². The molecule has 3 N–H and O–H groups in total. The Morgan fingerprint density at radius 3 is 2.33 bits per heavy atom. The first-order valence-electron chi connectivity index (χ1n) is 6.83. The minimum Gasteiger partial charge on any atom is -0.508 e. The second-order valence-corrected chi connectivity index (χ2v) is 5.31. The van der Waals surface area contributed by atoms with Crippen LogP contribution in [0.15, 0.2) is 36.4 Å². The molecule has 2 aromatic rings. The van der Waals surface area contributed by atoms with Crippen molar-refractivity contribution in [3.63, 3.8) is 0 Å². The number of para-hydroxylation sites is 1. The Balaban J connectivity index is 2.61. The van der Waals surface area contributed by atoms with E-state index in [0.717, 1.165) is 5.56 Å². The van der Waals surface area contributed by atoms with Crippen LogP contribution in [0.1, 0.15) is 32.3 Å². The normalized spacial score (nSPS) is 10.7. The van der Waals surface area contributed by atoms with Crippen molar-refractivity contribution in [3.8, 4) is 22.6 Å². The van der Waals surface area contributed by atoms with E-state index in [4.69, 9.17) is 0 Å². The number of nitrogens with one attached hydrogen (secondary N) is 1. The molecule has 0 atom stereocenters. The molecule has 0 spiro atoms. The summed E-state index contributed by atoms with van der Waals surface area (Å²) in [7, 11) is 0. The van der Waals surface area contributed by atoms with Gasteiger partial charge < -0.3 is 15.5 Å². The predicted octanol–water partition coefficient (Wildman–Crippen LogP) is 3.85. The zero-order chi connectivity index (χ0) is 15.6. The Hall–Kier alpha value is -2.49. The zero-order valence-electron chi connectivity index (χ0n) is 12.3. The standard InChI is InChI=1S/C17H19NO3/c1-10(2)13-8-14(17(21)9-16(13)20)12-6-4-5-7-15(12)18-11(3)19/h4-10,20-21H,1-3H3,(H,18,19). The van der Waals surface area contributed by atoms with Crippen LogP contribution in [-0.4, -0.2) is 16.1 Å². The Kier molecular flexibility index (Phi) is 4.17. The maximum absolute atomic E-state index is 11.3. The number of rotatable bonds is 3. The summed E-state index contributed by atoms with van der Waals surface area (Å²) in [5.41, 5.74) is 2.68. The molecule has 0 aliphatic heterocycles. The summed E-state index contributed by atoms with van der Waals surface area (Å²) in [6.07, 6.45) is 0. The second kappa shape index (κ2) is 5.87. The fraction of sp³-hybridized carbons (Fsp3) is 0.235. The number of carbonyl (C=O) groups is 1. The van der Waals surface area contributed by atoms with E-state index in [1.54, 1.807) is 12.1 Å². The van der Waals surface area contributed by atoms with Gasteiger partial charge in [0.2, 0.25) is 5.91 Å². The Bertz CT molecular complexity index is 678. The minimum absolute atomic E-state index is 0.0188. The molecular formula is C17H19NO3. The maximum Gasteiger partial charge on any atom is 0.221 e. The molecule has 0 heterocycles. The van der Waals surface area contributed by atoms with Crippen LogP contribution in [0.25, 0.3) is 11.1 Å². The zero-order valence-corrected chi connectivity index (χ0v) is 12.3. The van der Waals surface area contributed by atoms with Crippen LogP contribution in [0.2, 0.25) is 0 Å². The first kappa shape index (κ1) is 14.9. The van der Waals surface area contributed by atoms with E-state index >= 15 is 0 Å². The molecule has 0 bridgehead atoms. The van der Waals surface area contributed by atoms with Crippen molar-refractivity contribution in [3.05, 3.63) is 42.0 Å². The molecule has 2 aromatic carbocycles. The Labute approximate surface area is 124 Å². The number of aromatic hydroxyl groups is 2. The molecule has 110 valence electrons. The van der Waals surface area contributed by atoms with Gasteiger partial charge in [0.1, 0.15) is 11.5 Å². The molecule has 0 saturated heterocycles. The minimum atomic E-state index is -0.176. The van der Waals surface area contributed by atoms with Crippen molar-refractivity contribution in [2.45, 2.75) is 26.7 Å². The van der Waals surface area contributed by atoms with Crippen LogP contribution in [-0.2, 0) is 4.79 Å². The monoisotopic (exact) mass is 285 g/mol. The number of phenols is 2. The highest BCUT2D eigenvalue weighted by Gasteiger charge is 2.15. The van der Waals surface area contributed by atoms with E-state index in [1.807, 2.05) is 32.0 Å². The first-order valence-corrected chi connectivity index (χ1v) is 6.83. The van der Waals surface area contributed by atoms with Crippen LogP contribution in [0.4, 0.5) is 5.69 Å². The molecule has 0 aliphatic rings. The summed E-state index contributed by atoms with van der Waals surface area (Å²) in [5, 5.41) is 22.8. The Morgan fingerprint density at radius 1 is 1.05 bits per heavy atom. The van der Waals surface area contributed by atoms with E-state index < -0.39 is 0 Å². The maximum atomic E-state index is 11.3. The highest BCUT2D eigenvalue weighted by atomic mass is 16.3. The van der Waals surface area contributed by atoms with Gasteiger partial charge in [0.05, 0.1) is 0 Å². The summed E-state index contributed by atoms with van der Waals surface area (Å²) in [4.78, 5) is 11.3. The lowest BCUT2D eigenvalue weighted by Crippen LogP contribution is -2.06. The van der Waals surface area contributed by atoms with Gasteiger partial charge in [-0.05, 0) is 23.6 Å². The average Bonchev–Trinajstić information content (AvgIpc) is 2.39. The molecule has 4 heteroatoms. The fourth-order valence-electron chi connectivity index (χ4n) is 2.29. The summed E-state index contributed by atoms with van der Waals surface area (Å²) in [6, 6.07) is 10.3. The van der Waals surface area contributed by atoms with Gasteiger partial charge in [-0.1, -0.05) is 32.0 Å². The SMILES string of the molecule is CC(=O)Nc1ccccc1-c1cc(C(C)C)c(O)cc1O. The fourth-order valence-corrected chi connectivity index (χ4v) is 2.29. The number of amides is 1. The number of phenolic OH excluding ortho intramolecular Hbond substituents is 2. The van der Waals surface area contributed by atoms with E-state index in [2.05, 4.69) is 5.32 Å². The molecule has 0 aliphatic carbocycles. The van der Waals surface area contributed by atoms with Crippen molar-refractivity contribution >= 4 is 11.6 Å². The molecule has 1 amide bonds. The molecular weight excluding hydrogens is 266 g/mol. The predicted molar refractivity (Wildman–Crippen MR) is 83.6 cm³/mol.